The first-order valence-corrected chi connectivity index (χ1v) is 10.0. The topological polar surface area (TPSA) is 61.1 Å². The van der Waals surface area contributed by atoms with E-state index in [1.165, 1.54) is 11.8 Å². The van der Waals surface area contributed by atoms with E-state index in [1.54, 1.807) is 12.1 Å². The second kappa shape index (κ2) is 9.30. The number of benzene rings is 1. The second-order valence-electron chi connectivity index (χ2n) is 6.95. The van der Waals surface area contributed by atoms with E-state index in [0.717, 1.165) is 29.9 Å². The maximum atomic E-state index is 12.4. The summed E-state index contributed by atoms with van der Waals surface area (Å²) in [5, 5.41) is 3.59. The van der Waals surface area contributed by atoms with Crippen LogP contribution in [0.5, 0.6) is 0 Å². The number of hydrogen-bond donors (Lipinski definition) is 1. The highest BCUT2D eigenvalue weighted by Gasteiger charge is 2.40. The highest BCUT2D eigenvalue weighted by atomic mass is 127. The first kappa shape index (κ1) is 21.2. The highest BCUT2D eigenvalue weighted by Crippen LogP contribution is 2.41. The molecule has 1 aliphatic carbocycles. The largest absolute Gasteiger partial charge is 0.459 e. The predicted molar refractivity (Wildman–Crippen MR) is 123 cm³/mol. The van der Waals surface area contributed by atoms with Crippen LogP contribution in [-0.2, 0) is 0 Å². The van der Waals surface area contributed by atoms with Gasteiger partial charge in [-0.1, -0.05) is 28.1 Å². The molecular formula is C20H24BrIN4O2. The number of furan rings is 1. The molecule has 1 amide bonds. The number of amides is 1. The molecule has 2 unspecified atom stereocenters. The summed E-state index contributed by atoms with van der Waals surface area (Å²) in [7, 11) is 1.82. The monoisotopic (exact) mass is 558 g/mol. The van der Waals surface area contributed by atoms with Crippen molar-refractivity contribution < 1.29 is 9.21 Å². The van der Waals surface area contributed by atoms with E-state index in [9.17, 15) is 4.79 Å². The first-order valence-electron chi connectivity index (χ1n) is 9.22. The van der Waals surface area contributed by atoms with Gasteiger partial charge in [-0.15, -0.1) is 24.0 Å². The normalized spacial score (nSPS) is 21.9. The fourth-order valence-electron chi connectivity index (χ4n) is 3.57. The molecule has 2 fully saturated rings. The molecule has 28 heavy (non-hydrogen) atoms. The molecule has 8 heteroatoms. The van der Waals surface area contributed by atoms with Crippen LogP contribution in [0, 0.1) is 0 Å². The third-order valence-electron chi connectivity index (χ3n) is 5.21. The van der Waals surface area contributed by atoms with Crippen LogP contribution in [0.15, 0.2) is 56.5 Å². The smallest absolute Gasteiger partial charge is 0.289 e. The number of hydrogen-bond acceptors (Lipinski definition) is 3. The van der Waals surface area contributed by atoms with Gasteiger partial charge >= 0.3 is 0 Å². The number of nitrogens with zero attached hydrogens (tertiary/aromatic N) is 3. The molecule has 0 radical (unpaired) electrons. The van der Waals surface area contributed by atoms with E-state index in [1.807, 2.05) is 11.9 Å². The Hall–Kier alpha value is -1.55. The zero-order valence-corrected chi connectivity index (χ0v) is 19.6. The summed E-state index contributed by atoms with van der Waals surface area (Å²) in [5.41, 5.74) is 1.36. The van der Waals surface area contributed by atoms with Crippen LogP contribution in [0.4, 0.5) is 0 Å². The Morgan fingerprint density at radius 2 is 1.82 bits per heavy atom. The SMILES string of the molecule is CN=C(NC1CC1c1ccc(Br)cc1)N1CCN(C(=O)c2ccco2)CC1.I. The molecule has 1 saturated carbocycles. The molecule has 4 rings (SSSR count). The number of carbonyl (C=O) groups excluding carboxylic acids is 1. The second-order valence-corrected chi connectivity index (χ2v) is 7.86. The average Bonchev–Trinajstić information content (AvgIpc) is 3.24. The Morgan fingerprint density at radius 3 is 2.43 bits per heavy atom. The number of nitrogens with one attached hydrogen (secondary N) is 1. The van der Waals surface area contributed by atoms with E-state index in [4.69, 9.17) is 4.42 Å². The fraction of sp³-hybridized carbons (Fsp3) is 0.400. The summed E-state index contributed by atoms with van der Waals surface area (Å²) in [5.74, 6) is 1.82. The Labute approximate surface area is 190 Å². The number of rotatable bonds is 3. The van der Waals surface area contributed by atoms with Crippen molar-refractivity contribution in [3.8, 4) is 0 Å². The Bertz CT molecular complexity index is 817. The lowest BCUT2D eigenvalue weighted by molar-refractivity contribution is 0.0657. The molecule has 150 valence electrons. The van der Waals surface area contributed by atoms with Crippen molar-refractivity contribution in [3.63, 3.8) is 0 Å². The van der Waals surface area contributed by atoms with Gasteiger partial charge in [0, 0.05) is 49.7 Å². The highest BCUT2D eigenvalue weighted by molar-refractivity contribution is 14.0. The Kier molecular flexibility index (Phi) is 7.03. The van der Waals surface area contributed by atoms with Crippen LogP contribution in [0.3, 0.4) is 0 Å². The van der Waals surface area contributed by atoms with E-state index in [2.05, 4.69) is 55.4 Å². The molecule has 2 aliphatic rings. The van der Waals surface area contributed by atoms with Crippen LogP contribution in [-0.4, -0.2) is 60.9 Å². The van der Waals surface area contributed by atoms with Crippen molar-refractivity contribution in [2.45, 2.75) is 18.4 Å². The summed E-state index contributed by atoms with van der Waals surface area (Å²) in [6, 6.07) is 12.4. The van der Waals surface area contributed by atoms with Gasteiger partial charge in [-0.05, 0) is 36.2 Å². The van der Waals surface area contributed by atoms with E-state index in [-0.39, 0.29) is 29.9 Å². The van der Waals surface area contributed by atoms with Crippen LogP contribution in [0.2, 0.25) is 0 Å². The molecule has 0 bridgehead atoms. The zero-order chi connectivity index (χ0) is 18.8. The molecule has 1 saturated heterocycles. The summed E-state index contributed by atoms with van der Waals surface area (Å²) < 4.78 is 6.33. The molecule has 2 heterocycles. The molecule has 0 spiro atoms. The molecule has 2 atom stereocenters. The standard InChI is InChI=1S/C20H23BrN4O2.HI/c1-22-20(23-17-13-16(17)14-4-6-15(21)7-5-14)25-10-8-24(9-11-25)19(26)18-3-2-12-27-18;/h2-7,12,16-17H,8-11,13H2,1H3,(H,22,23);1H. The molecule has 6 nitrogen and oxygen atoms in total. The molecular weight excluding hydrogens is 535 g/mol. The number of halogens is 2. The van der Waals surface area contributed by atoms with E-state index in [0.29, 0.717) is 30.8 Å². The van der Waals surface area contributed by atoms with Crippen molar-refractivity contribution >= 4 is 51.8 Å². The fourth-order valence-corrected chi connectivity index (χ4v) is 3.84. The van der Waals surface area contributed by atoms with Crippen molar-refractivity contribution in [3.05, 3.63) is 58.5 Å². The van der Waals surface area contributed by atoms with Crippen molar-refractivity contribution in [2.24, 2.45) is 4.99 Å². The quantitative estimate of drug-likeness (QED) is 0.355. The summed E-state index contributed by atoms with van der Waals surface area (Å²) in [4.78, 5) is 20.9. The zero-order valence-electron chi connectivity index (χ0n) is 15.7. The number of piperazine rings is 1. The van der Waals surface area contributed by atoms with Gasteiger partial charge in [-0.2, -0.15) is 0 Å². The van der Waals surface area contributed by atoms with Gasteiger partial charge in [-0.25, -0.2) is 0 Å². The van der Waals surface area contributed by atoms with Crippen LogP contribution < -0.4 is 5.32 Å². The lowest BCUT2D eigenvalue weighted by atomic mass is 10.1. The van der Waals surface area contributed by atoms with Gasteiger partial charge in [0.1, 0.15) is 0 Å². The van der Waals surface area contributed by atoms with Crippen molar-refractivity contribution in [2.75, 3.05) is 33.2 Å². The van der Waals surface area contributed by atoms with Gasteiger partial charge in [0.25, 0.3) is 5.91 Å². The number of aliphatic imine (C=N–C) groups is 1. The van der Waals surface area contributed by atoms with E-state index < -0.39 is 0 Å². The van der Waals surface area contributed by atoms with Crippen LogP contribution in [0.25, 0.3) is 0 Å². The minimum Gasteiger partial charge on any atom is -0.459 e. The minimum atomic E-state index is -0.0416. The van der Waals surface area contributed by atoms with Gasteiger partial charge in [0.15, 0.2) is 11.7 Å². The lowest BCUT2D eigenvalue weighted by Crippen LogP contribution is -2.54. The van der Waals surface area contributed by atoms with E-state index >= 15 is 0 Å². The first-order chi connectivity index (χ1) is 13.2. The lowest BCUT2D eigenvalue weighted by Gasteiger charge is -2.36. The summed E-state index contributed by atoms with van der Waals surface area (Å²) in [6.45, 7) is 2.87. The molecule has 1 aromatic carbocycles. The van der Waals surface area contributed by atoms with Gasteiger partial charge in [-0.3, -0.25) is 9.79 Å². The molecule has 1 aliphatic heterocycles. The van der Waals surface area contributed by atoms with Crippen LogP contribution >= 0.6 is 39.9 Å². The van der Waals surface area contributed by atoms with Crippen LogP contribution in [0.1, 0.15) is 28.5 Å². The summed E-state index contributed by atoms with van der Waals surface area (Å²) in [6.07, 6.45) is 2.66. The maximum Gasteiger partial charge on any atom is 0.289 e. The molecule has 1 N–H and O–H groups in total. The Morgan fingerprint density at radius 1 is 1.14 bits per heavy atom. The number of carbonyl (C=O) groups is 1. The van der Waals surface area contributed by atoms with Gasteiger partial charge < -0.3 is 19.5 Å². The minimum absolute atomic E-state index is 0. The third kappa shape index (κ3) is 4.71. The van der Waals surface area contributed by atoms with Crippen molar-refractivity contribution in [1.29, 1.82) is 0 Å². The average molecular weight is 559 g/mol. The van der Waals surface area contributed by atoms with Gasteiger partial charge in [0.05, 0.1) is 6.26 Å². The predicted octanol–water partition coefficient (Wildman–Crippen LogP) is 3.55. The summed E-state index contributed by atoms with van der Waals surface area (Å²) >= 11 is 3.49. The Balaban J connectivity index is 0.00000225. The molecule has 2 aromatic rings. The third-order valence-corrected chi connectivity index (χ3v) is 5.74. The van der Waals surface area contributed by atoms with Crippen molar-refractivity contribution in [1.82, 2.24) is 15.1 Å². The number of guanidine groups is 1. The van der Waals surface area contributed by atoms with Gasteiger partial charge in [0.2, 0.25) is 0 Å². The molecule has 1 aromatic heterocycles. The maximum absolute atomic E-state index is 12.4.